The highest BCUT2D eigenvalue weighted by Crippen LogP contribution is 1.99. The van der Waals surface area contributed by atoms with Crippen LogP contribution in [-0.2, 0) is 5.88 Å². The van der Waals surface area contributed by atoms with Crippen molar-refractivity contribution >= 4 is 17.5 Å². The Hall–Kier alpha value is -1.10. The topological polar surface area (TPSA) is 68.0 Å². The standard InChI is InChI=1S/C5H6ClN3O2/c1-7-5(10)4-8-3(2-6)11-9-4/h2H2,1H3,(H,7,10). The monoisotopic (exact) mass is 175 g/mol. The molecule has 0 spiro atoms. The molecular formula is C5H6ClN3O2. The molecule has 60 valence electrons. The van der Waals surface area contributed by atoms with Gasteiger partial charge in [0.2, 0.25) is 5.89 Å². The number of nitrogens with one attached hydrogen (secondary N) is 1. The summed E-state index contributed by atoms with van der Waals surface area (Å²) in [7, 11) is 1.49. The molecule has 0 aromatic carbocycles. The maximum Gasteiger partial charge on any atom is 0.292 e. The number of nitrogens with zero attached hydrogens (tertiary/aromatic N) is 2. The minimum Gasteiger partial charge on any atom is -0.352 e. The molecule has 1 rings (SSSR count). The molecule has 0 aliphatic carbocycles. The van der Waals surface area contributed by atoms with E-state index in [0.29, 0.717) is 0 Å². The number of carbonyl (C=O) groups excluding carboxylic acids is 1. The third-order valence-electron chi connectivity index (χ3n) is 1.01. The SMILES string of the molecule is CNC(=O)c1noc(CCl)n1. The van der Waals surface area contributed by atoms with Crippen LogP contribution in [0.3, 0.4) is 0 Å². The molecule has 1 amide bonds. The van der Waals surface area contributed by atoms with Crippen molar-refractivity contribution < 1.29 is 9.32 Å². The number of halogens is 1. The molecule has 1 aromatic rings. The molecule has 1 aromatic heterocycles. The molecule has 0 saturated heterocycles. The van der Waals surface area contributed by atoms with E-state index in [1.54, 1.807) is 0 Å². The van der Waals surface area contributed by atoms with Crippen molar-refractivity contribution in [2.45, 2.75) is 5.88 Å². The van der Waals surface area contributed by atoms with Crippen LogP contribution in [0.15, 0.2) is 4.52 Å². The van der Waals surface area contributed by atoms with Crippen LogP contribution in [0.1, 0.15) is 16.5 Å². The van der Waals surface area contributed by atoms with Gasteiger partial charge in [0, 0.05) is 7.05 Å². The lowest BCUT2D eigenvalue weighted by atomic mass is 10.6. The zero-order chi connectivity index (χ0) is 8.27. The summed E-state index contributed by atoms with van der Waals surface area (Å²) in [6, 6.07) is 0. The van der Waals surface area contributed by atoms with E-state index < -0.39 is 0 Å². The molecule has 11 heavy (non-hydrogen) atoms. The number of amides is 1. The van der Waals surface area contributed by atoms with Crippen LogP contribution in [0.2, 0.25) is 0 Å². The lowest BCUT2D eigenvalue weighted by molar-refractivity contribution is 0.0950. The van der Waals surface area contributed by atoms with Gasteiger partial charge in [0.25, 0.3) is 11.7 Å². The molecule has 0 bridgehead atoms. The van der Waals surface area contributed by atoms with Gasteiger partial charge in [0.05, 0.1) is 0 Å². The van der Waals surface area contributed by atoms with Crippen LogP contribution in [0.5, 0.6) is 0 Å². The Bertz CT molecular complexity index is 260. The van der Waals surface area contributed by atoms with Crippen LogP contribution in [0, 0.1) is 0 Å². The molecule has 5 nitrogen and oxygen atoms in total. The molecule has 6 heteroatoms. The number of rotatable bonds is 2. The van der Waals surface area contributed by atoms with Crippen molar-refractivity contribution in [2.75, 3.05) is 7.05 Å². The maximum atomic E-state index is 10.8. The third kappa shape index (κ3) is 1.68. The Morgan fingerprint density at radius 3 is 3.00 bits per heavy atom. The minimum atomic E-state index is -0.384. The summed E-state index contributed by atoms with van der Waals surface area (Å²) in [5.41, 5.74) is 0. The number of carbonyl (C=O) groups is 1. The molecule has 0 fully saturated rings. The van der Waals surface area contributed by atoms with E-state index in [1.807, 2.05) is 0 Å². The van der Waals surface area contributed by atoms with E-state index in [0.717, 1.165) is 0 Å². The van der Waals surface area contributed by atoms with Gasteiger partial charge >= 0.3 is 0 Å². The smallest absolute Gasteiger partial charge is 0.292 e. The second-order valence-corrected chi connectivity index (χ2v) is 1.99. The quantitative estimate of drug-likeness (QED) is 0.651. The molecule has 0 aliphatic rings. The highest BCUT2D eigenvalue weighted by atomic mass is 35.5. The lowest BCUT2D eigenvalue weighted by Gasteiger charge is -1.87. The van der Waals surface area contributed by atoms with Crippen LogP contribution >= 0.6 is 11.6 Å². The van der Waals surface area contributed by atoms with E-state index >= 15 is 0 Å². The van der Waals surface area contributed by atoms with Crippen molar-refractivity contribution in [1.82, 2.24) is 15.5 Å². The van der Waals surface area contributed by atoms with Gasteiger partial charge in [0.15, 0.2) is 0 Å². The van der Waals surface area contributed by atoms with Crippen molar-refractivity contribution in [3.63, 3.8) is 0 Å². The predicted octanol–water partition coefficient (Wildman–Crippen LogP) is 0.168. The summed E-state index contributed by atoms with van der Waals surface area (Å²) in [5.74, 6) is -0.0252. The van der Waals surface area contributed by atoms with Gasteiger partial charge in [-0.05, 0) is 0 Å². The van der Waals surface area contributed by atoms with Crippen LogP contribution in [0.25, 0.3) is 0 Å². The number of hydrogen-bond acceptors (Lipinski definition) is 4. The molecule has 1 heterocycles. The van der Waals surface area contributed by atoms with Crippen molar-refractivity contribution in [3.05, 3.63) is 11.7 Å². The van der Waals surface area contributed by atoms with Gasteiger partial charge in [-0.2, -0.15) is 4.98 Å². The Kier molecular flexibility index (Phi) is 2.43. The van der Waals surface area contributed by atoms with Gasteiger partial charge < -0.3 is 9.84 Å². The van der Waals surface area contributed by atoms with Crippen molar-refractivity contribution in [2.24, 2.45) is 0 Å². The van der Waals surface area contributed by atoms with Gasteiger partial charge in [0.1, 0.15) is 5.88 Å². The summed E-state index contributed by atoms with van der Waals surface area (Å²) >= 11 is 5.36. The zero-order valence-corrected chi connectivity index (χ0v) is 6.55. The summed E-state index contributed by atoms with van der Waals surface area (Å²) in [5, 5.41) is 5.73. The summed E-state index contributed by atoms with van der Waals surface area (Å²) in [4.78, 5) is 14.5. The molecular weight excluding hydrogens is 170 g/mol. The highest BCUT2D eigenvalue weighted by Gasteiger charge is 2.11. The second-order valence-electron chi connectivity index (χ2n) is 1.72. The van der Waals surface area contributed by atoms with Crippen LogP contribution in [-0.4, -0.2) is 23.1 Å². The number of alkyl halides is 1. The third-order valence-corrected chi connectivity index (χ3v) is 1.24. The summed E-state index contributed by atoms with van der Waals surface area (Å²) in [6.45, 7) is 0. The first-order valence-corrected chi connectivity index (χ1v) is 3.42. The van der Waals surface area contributed by atoms with E-state index in [9.17, 15) is 4.79 Å². The Morgan fingerprint density at radius 2 is 2.55 bits per heavy atom. The summed E-state index contributed by atoms with van der Waals surface area (Å²) in [6.07, 6.45) is 0. The zero-order valence-electron chi connectivity index (χ0n) is 5.80. The molecule has 0 radical (unpaired) electrons. The minimum absolute atomic E-state index is 0.00292. The van der Waals surface area contributed by atoms with Crippen molar-refractivity contribution in [3.8, 4) is 0 Å². The molecule has 0 aliphatic heterocycles. The van der Waals surface area contributed by atoms with Crippen LogP contribution in [0.4, 0.5) is 0 Å². The number of aromatic nitrogens is 2. The Labute approximate surface area is 67.7 Å². The van der Waals surface area contributed by atoms with Gasteiger partial charge in [-0.25, -0.2) is 0 Å². The largest absolute Gasteiger partial charge is 0.352 e. The highest BCUT2D eigenvalue weighted by molar-refractivity contribution is 6.16. The molecule has 0 saturated carbocycles. The summed E-state index contributed by atoms with van der Waals surface area (Å²) < 4.78 is 4.58. The van der Waals surface area contributed by atoms with E-state index in [2.05, 4.69) is 20.0 Å². The molecule has 1 N–H and O–H groups in total. The maximum absolute atomic E-state index is 10.8. The second kappa shape index (κ2) is 3.34. The molecule has 0 atom stereocenters. The first-order valence-electron chi connectivity index (χ1n) is 2.88. The average molecular weight is 176 g/mol. The van der Waals surface area contributed by atoms with Gasteiger partial charge in [-0.3, -0.25) is 4.79 Å². The molecule has 0 unspecified atom stereocenters. The first-order chi connectivity index (χ1) is 5.27. The predicted molar refractivity (Wildman–Crippen MR) is 37.2 cm³/mol. The van der Waals surface area contributed by atoms with E-state index in [-0.39, 0.29) is 23.5 Å². The van der Waals surface area contributed by atoms with Gasteiger partial charge in [-0.1, -0.05) is 5.16 Å². The average Bonchev–Trinajstić information content (AvgIpc) is 2.50. The number of hydrogen-bond donors (Lipinski definition) is 1. The fourth-order valence-corrected chi connectivity index (χ4v) is 0.622. The lowest BCUT2D eigenvalue weighted by Crippen LogP contribution is -2.19. The van der Waals surface area contributed by atoms with Crippen LogP contribution < -0.4 is 5.32 Å². The Morgan fingerprint density at radius 1 is 1.82 bits per heavy atom. The van der Waals surface area contributed by atoms with E-state index in [1.165, 1.54) is 7.05 Å². The Balaban J connectivity index is 2.80. The fourth-order valence-electron chi connectivity index (χ4n) is 0.513. The fraction of sp³-hybridized carbons (Fsp3) is 0.400. The van der Waals surface area contributed by atoms with Gasteiger partial charge in [-0.15, -0.1) is 11.6 Å². The van der Waals surface area contributed by atoms with Crippen molar-refractivity contribution in [1.29, 1.82) is 0 Å². The first kappa shape index (κ1) is 8.00. The normalized spacial score (nSPS) is 9.64. The van der Waals surface area contributed by atoms with E-state index in [4.69, 9.17) is 11.6 Å².